The van der Waals surface area contributed by atoms with Gasteiger partial charge in [0.05, 0.1) is 5.69 Å². The summed E-state index contributed by atoms with van der Waals surface area (Å²) in [6, 6.07) is 4.29. The number of hydrogen-bond donors (Lipinski definition) is 0. The van der Waals surface area contributed by atoms with Gasteiger partial charge in [0.25, 0.3) is 0 Å². The molecule has 2 aromatic heterocycles. The molecule has 1 aliphatic heterocycles. The highest BCUT2D eigenvalue weighted by atomic mass is 32.1. The van der Waals surface area contributed by atoms with Crippen molar-refractivity contribution < 1.29 is 4.79 Å². The SMILES string of the molecule is Cc1nn(CC(C)C)c(C)c1CCC(=O)N1CCN(Cc2cccs2)CC1. The minimum absolute atomic E-state index is 0.279. The molecule has 0 atom stereocenters. The Labute approximate surface area is 167 Å². The normalized spacial score (nSPS) is 15.7. The Morgan fingerprint density at radius 1 is 1.22 bits per heavy atom. The molecule has 0 spiro atoms. The zero-order valence-electron chi connectivity index (χ0n) is 17.1. The fourth-order valence-corrected chi connectivity index (χ4v) is 4.53. The average molecular weight is 389 g/mol. The highest BCUT2D eigenvalue weighted by molar-refractivity contribution is 7.09. The van der Waals surface area contributed by atoms with Crippen LogP contribution in [0.3, 0.4) is 0 Å². The quantitative estimate of drug-likeness (QED) is 0.729. The van der Waals surface area contributed by atoms with Gasteiger partial charge in [-0.15, -0.1) is 11.3 Å². The third-order valence-corrected chi connectivity index (χ3v) is 6.20. The Morgan fingerprint density at radius 3 is 2.59 bits per heavy atom. The maximum Gasteiger partial charge on any atom is 0.222 e. The molecule has 6 heteroatoms. The second-order valence-corrected chi connectivity index (χ2v) is 8.99. The molecule has 1 saturated heterocycles. The first-order valence-electron chi connectivity index (χ1n) is 9.99. The monoisotopic (exact) mass is 388 g/mol. The molecule has 2 aromatic rings. The molecule has 0 unspecified atom stereocenters. The van der Waals surface area contributed by atoms with Crippen molar-refractivity contribution in [2.24, 2.45) is 5.92 Å². The van der Waals surface area contributed by atoms with E-state index in [1.807, 2.05) is 16.2 Å². The molecule has 27 heavy (non-hydrogen) atoms. The van der Waals surface area contributed by atoms with Gasteiger partial charge in [-0.25, -0.2) is 0 Å². The van der Waals surface area contributed by atoms with Gasteiger partial charge in [-0.3, -0.25) is 14.4 Å². The van der Waals surface area contributed by atoms with E-state index in [-0.39, 0.29) is 5.91 Å². The summed E-state index contributed by atoms with van der Waals surface area (Å²) in [5.74, 6) is 0.851. The van der Waals surface area contributed by atoms with E-state index in [0.29, 0.717) is 12.3 Å². The number of thiophene rings is 1. The van der Waals surface area contributed by atoms with Gasteiger partial charge in [0.2, 0.25) is 5.91 Å². The van der Waals surface area contributed by atoms with Crippen LogP contribution in [0.2, 0.25) is 0 Å². The van der Waals surface area contributed by atoms with Gasteiger partial charge in [0, 0.05) is 56.3 Å². The Balaban J connectivity index is 1.48. The largest absolute Gasteiger partial charge is 0.340 e. The molecule has 0 aliphatic carbocycles. The number of hydrogen-bond acceptors (Lipinski definition) is 4. The first kappa shape index (κ1) is 20.1. The molecule has 5 nitrogen and oxygen atoms in total. The summed E-state index contributed by atoms with van der Waals surface area (Å²) in [4.78, 5) is 18.6. The molecule has 0 N–H and O–H groups in total. The summed E-state index contributed by atoms with van der Waals surface area (Å²) >= 11 is 1.81. The summed E-state index contributed by atoms with van der Waals surface area (Å²) < 4.78 is 2.10. The topological polar surface area (TPSA) is 41.4 Å². The summed E-state index contributed by atoms with van der Waals surface area (Å²) in [5, 5.41) is 6.80. The molecule has 1 fully saturated rings. The Kier molecular flexibility index (Phi) is 6.71. The van der Waals surface area contributed by atoms with Crippen molar-refractivity contribution in [1.29, 1.82) is 0 Å². The van der Waals surface area contributed by atoms with E-state index >= 15 is 0 Å². The van der Waals surface area contributed by atoms with Gasteiger partial charge in [-0.1, -0.05) is 19.9 Å². The van der Waals surface area contributed by atoms with E-state index in [2.05, 4.69) is 59.9 Å². The van der Waals surface area contributed by atoms with Crippen LogP contribution in [-0.4, -0.2) is 51.7 Å². The Hall–Kier alpha value is -1.66. The second kappa shape index (κ2) is 9.02. The third-order valence-electron chi connectivity index (χ3n) is 5.34. The molecule has 1 aliphatic rings. The van der Waals surface area contributed by atoms with Crippen molar-refractivity contribution in [3.05, 3.63) is 39.3 Å². The zero-order chi connectivity index (χ0) is 19.4. The van der Waals surface area contributed by atoms with Gasteiger partial charge in [0.15, 0.2) is 0 Å². The maximum atomic E-state index is 12.7. The molecule has 0 aromatic carbocycles. The highest BCUT2D eigenvalue weighted by Crippen LogP contribution is 2.18. The predicted octanol–water partition coefficient (Wildman–Crippen LogP) is 3.49. The van der Waals surface area contributed by atoms with Crippen molar-refractivity contribution in [2.75, 3.05) is 26.2 Å². The van der Waals surface area contributed by atoms with Crippen LogP contribution in [0.5, 0.6) is 0 Å². The zero-order valence-corrected chi connectivity index (χ0v) is 17.9. The van der Waals surface area contributed by atoms with E-state index < -0.39 is 0 Å². The predicted molar refractivity (Wildman–Crippen MR) is 111 cm³/mol. The van der Waals surface area contributed by atoms with E-state index in [4.69, 9.17) is 0 Å². The molecule has 0 bridgehead atoms. The molecule has 3 heterocycles. The number of carbonyl (C=O) groups is 1. The van der Waals surface area contributed by atoms with E-state index in [1.54, 1.807) is 0 Å². The molecule has 0 saturated carbocycles. The lowest BCUT2D eigenvalue weighted by atomic mass is 10.1. The second-order valence-electron chi connectivity index (χ2n) is 7.96. The van der Waals surface area contributed by atoms with E-state index in [9.17, 15) is 4.79 Å². The van der Waals surface area contributed by atoms with Crippen LogP contribution >= 0.6 is 11.3 Å². The van der Waals surface area contributed by atoms with Crippen molar-refractivity contribution >= 4 is 17.2 Å². The van der Waals surface area contributed by atoms with Gasteiger partial charge in [0.1, 0.15) is 0 Å². The lowest BCUT2D eigenvalue weighted by Crippen LogP contribution is -2.48. The minimum Gasteiger partial charge on any atom is -0.340 e. The first-order chi connectivity index (χ1) is 12.9. The fraction of sp³-hybridized carbons (Fsp3) is 0.619. The van der Waals surface area contributed by atoms with Gasteiger partial charge in [-0.2, -0.15) is 5.10 Å². The van der Waals surface area contributed by atoms with Gasteiger partial charge < -0.3 is 4.90 Å². The molecular formula is C21H32N4OS. The number of aryl methyl sites for hydroxylation is 1. The highest BCUT2D eigenvalue weighted by Gasteiger charge is 2.22. The van der Waals surface area contributed by atoms with E-state index in [0.717, 1.165) is 51.4 Å². The minimum atomic E-state index is 0.279. The number of carbonyl (C=O) groups excluding carboxylic acids is 1. The number of aromatic nitrogens is 2. The Morgan fingerprint density at radius 2 is 1.96 bits per heavy atom. The summed E-state index contributed by atoms with van der Waals surface area (Å²) in [6.07, 6.45) is 1.38. The summed E-state index contributed by atoms with van der Waals surface area (Å²) in [6.45, 7) is 14.2. The first-order valence-corrected chi connectivity index (χ1v) is 10.9. The van der Waals surface area contributed by atoms with Crippen molar-refractivity contribution in [3.63, 3.8) is 0 Å². The lowest BCUT2D eigenvalue weighted by molar-refractivity contribution is -0.132. The molecule has 1 amide bonds. The van der Waals surface area contributed by atoms with Crippen molar-refractivity contribution in [2.45, 2.75) is 53.6 Å². The Bertz CT molecular complexity index is 743. The average Bonchev–Trinajstić information content (AvgIpc) is 3.22. The number of nitrogens with zero attached hydrogens (tertiary/aromatic N) is 4. The van der Waals surface area contributed by atoms with Crippen LogP contribution < -0.4 is 0 Å². The van der Waals surface area contributed by atoms with Crippen LogP contribution in [0.15, 0.2) is 17.5 Å². The van der Waals surface area contributed by atoms with Gasteiger partial charge >= 0.3 is 0 Å². The third kappa shape index (κ3) is 5.20. The van der Waals surface area contributed by atoms with Crippen molar-refractivity contribution in [1.82, 2.24) is 19.6 Å². The number of amides is 1. The molecular weight excluding hydrogens is 356 g/mol. The lowest BCUT2D eigenvalue weighted by Gasteiger charge is -2.34. The standard InChI is InChI=1S/C21H32N4OS/c1-16(2)14-25-18(4)20(17(3)22-25)7-8-21(26)24-11-9-23(10-12-24)15-19-6-5-13-27-19/h5-6,13,16H,7-12,14-15H2,1-4H3. The van der Waals surface area contributed by atoms with Crippen LogP contribution in [-0.2, 0) is 24.3 Å². The fourth-order valence-electron chi connectivity index (χ4n) is 3.79. The molecule has 148 valence electrons. The maximum absolute atomic E-state index is 12.7. The van der Waals surface area contributed by atoms with Crippen molar-refractivity contribution in [3.8, 4) is 0 Å². The van der Waals surface area contributed by atoms with Gasteiger partial charge in [-0.05, 0) is 43.2 Å². The van der Waals surface area contributed by atoms with Crippen LogP contribution in [0, 0.1) is 19.8 Å². The van der Waals surface area contributed by atoms with Crippen LogP contribution in [0.25, 0.3) is 0 Å². The van der Waals surface area contributed by atoms with Crippen LogP contribution in [0.1, 0.15) is 42.1 Å². The summed E-state index contributed by atoms with van der Waals surface area (Å²) in [7, 11) is 0. The number of rotatable bonds is 7. The smallest absolute Gasteiger partial charge is 0.222 e. The number of piperazine rings is 1. The summed E-state index contributed by atoms with van der Waals surface area (Å²) in [5.41, 5.74) is 3.54. The van der Waals surface area contributed by atoms with E-state index in [1.165, 1.54) is 16.1 Å². The molecule has 3 rings (SSSR count). The molecule has 0 radical (unpaired) electrons. The van der Waals surface area contributed by atoms with Crippen LogP contribution in [0.4, 0.5) is 0 Å².